The molecule has 0 saturated carbocycles. The fourth-order valence-corrected chi connectivity index (χ4v) is 2.88. The summed E-state index contributed by atoms with van der Waals surface area (Å²) in [7, 11) is 0. The number of hydrogen-bond donors (Lipinski definition) is 3. The van der Waals surface area contributed by atoms with Crippen LogP contribution in [0.5, 0.6) is 5.75 Å². The first-order valence-corrected chi connectivity index (χ1v) is 9.75. The van der Waals surface area contributed by atoms with Gasteiger partial charge in [-0.15, -0.1) is 0 Å². The Balaban J connectivity index is 1.46. The number of anilines is 1. The third kappa shape index (κ3) is 6.32. The monoisotopic (exact) mass is 437 g/mol. The van der Waals surface area contributed by atoms with E-state index in [2.05, 4.69) is 16.2 Å². The Morgan fingerprint density at radius 3 is 2.19 bits per heavy atom. The fourth-order valence-electron chi connectivity index (χ4n) is 2.65. The third-order valence-corrected chi connectivity index (χ3v) is 4.49. The topological polar surface area (TPSA) is 96.5 Å². The average molecular weight is 438 g/mol. The molecule has 0 aliphatic carbocycles. The van der Waals surface area contributed by atoms with Gasteiger partial charge in [-0.3, -0.25) is 25.2 Å². The minimum absolute atomic E-state index is 0.249. The zero-order valence-electron chi connectivity index (χ0n) is 16.6. The highest BCUT2D eigenvalue weighted by molar-refractivity contribution is 6.30. The van der Waals surface area contributed by atoms with Gasteiger partial charge in [-0.2, -0.15) is 0 Å². The van der Waals surface area contributed by atoms with Crippen molar-refractivity contribution < 1.29 is 19.1 Å². The van der Waals surface area contributed by atoms with E-state index in [0.717, 1.165) is 5.56 Å². The maximum atomic E-state index is 12.2. The molecule has 31 heavy (non-hydrogen) atoms. The Morgan fingerprint density at radius 2 is 1.52 bits per heavy atom. The van der Waals surface area contributed by atoms with Crippen molar-refractivity contribution >= 4 is 35.0 Å². The first-order valence-electron chi connectivity index (χ1n) is 9.37. The zero-order chi connectivity index (χ0) is 22.2. The molecule has 0 aliphatic heterocycles. The van der Waals surface area contributed by atoms with Crippen molar-refractivity contribution in [3.63, 3.8) is 0 Å². The van der Waals surface area contributed by atoms with Gasteiger partial charge in [0.05, 0.1) is 0 Å². The maximum absolute atomic E-state index is 12.2. The van der Waals surface area contributed by atoms with E-state index in [1.165, 1.54) is 12.1 Å². The first kappa shape index (κ1) is 21.9. The molecule has 0 heterocycles. The molecule has 0 saturated heterocycles. The quantitative estimate of drug-likeness (QED) is 0.512. The zero-order valence-corrected chi connectivity index (χ0v) is 17.4. The van der Waals surface area contributed by atoms with Crippen LogP contribution in [0.4, 0.5) is 5.69 Å². The summed E-state index contributed by atoms with van der Waals surface area (Å²) >= 11 is 5.88. The average Bonchev–Trinajstić information content (AvgIpc) is 2.78. The van der Waals surface area contributed by atoms with Crippen LogP contribution in [0.15, 0.2) is 72.8 Å². The second-order valence-corrected chi connectivity index (χ2v) is 7.03. The number of hydrazine groups is 1. The van der Waals surface area contributed by atoms with E-state index in [-0.39, 0.29) is 12.5 Å². The lowest BCUT2D eigenvalue weighted by molar-refractivity contribution is -0.123. The summed E-state index contributed by atoms with van der Waals surface area (Å²) in [6.45, 7) is 1.54. The van der Waals surface area contributed by atoms with Crippen molar-refractivity contribution in [3.8, 4) is 5.75 Å². The molecule has 3 aromatic rings. The van der Waals surface area contributed by atoms with Crippen molar-refractivity contribution in [2.24, 2.45) is 0 Å². The molecule has 8 heteroatoms. The lowest BCUT2D eigenvalue weighted by atomic mass is 10.1. The Hall–Kier alpha value is -3.84. The van der Waals surface area contributed by atoms with E-state index in [9.17, 15) is 14.4 Å². The lowest BCUT2D eigenvalue weighted by Crippen LogP contribution is -2.43. The van der Waals surface area contributed by atoms with Crippen LogP contribution in [-0.2, 0) is 4.79 Å². The summed E-state index contributed by atoms with van der Waals surface area (Å²) in [6.07, 6.45) is 0. The summed E-state index contributed by atoms with van der Waals surface area (Å²) in [5.74, 6) is -0.744. The molecule has 3 amide bonds. The van der Waals surface area contributed by atoms with E-state index in [4.69, 9.17) is 16.3 Å². The number of aryl methyl sites for hydroxylation is 1. The van der Waals surface area contributed by atoms with E-state index in [1.807, 2.05) is 13.0 Å². The minimum Gasteiger partial charge on any atom is -0.483 e. The first-order chi connectivity index (χ1) is 14.9. The van der Waals surface area contributed by atoms with Crippen LogP contribution in [0.1, 0.15) is 26.3 Å². The van der Waals surface area contributed by atoms with Crippen LogP contribution < -0.4 is 20.9 Å². The SMILES string of the molecule is Cc1cc(Cl)ccc1OCC(=O)NNC(=O)c1ccc(NC(=O)c2ccccc2)cc1. The summed E-state index contributed by atoms with van der Waals surface area (Å²) in [5, 5.41) is 3.33. The molecule has 3 aromatic carbocycles. The molecule has 0 aliphatic rings. The van der Waals surface area contributed by atoms with Crippen LogP contribution in [0.3, 0.4) is 0 Å². The van der Waals surface area contributed by atoms with Gasteiger partial charge in [-0.05, 0) is 67.1 Å². The summed E-state index contributed by atoms with van der Waals surface area (Å²) < 4.78 is 5.42. The number of carbonyl (C=O) groups excluding carboxylic acids is 3. The lowest BCUT2D eigenvalue weighted by Gasteiger charge is -2.11. The van der Waals surface area contributed by atoms with E-state index in [1.54, 1.807) is 54.6 Å². The number of carbonyl (C=O) groups is 3. The molecule has 0 spiro atoms. The van der Waals surface area contributed by atoms with Crippen LogP contribution in [0.2, 0.25) is 5.02 Å². The van der Waals surface area contributed by atoms with Crippen LogP contribution in [0.25, 0.3) is 0 Å². The molecule has 0 unspecified atom stereocenters. The Bertz CT molecular complexity index is 1090. The van der Waals surface area contributed by atoms with Crippen molar-refractivity contribution in [1.29, 1.82) is 0 Å². The molecule has 0 radical (unpaired) electrons. The van der Waals surface area contributed by atoms with E-state index < -0.39 is 11.8 Å². The van der Waals surface area contributed by atoms with Crippen LogP contribution >= 0.6 is 11.6 Å². The van der Waals surface area contributed by atoms with Crippen molar-refractivity contribution in [2.75, 3.05) is 11.9 Å². The number of amides is 3. The van der Waals surface area contributed by atoms with Gasteiger partial charge in [-0.1, -0.05) is 29.8 Å². The van der Waals surface area contributed by atoms with Crippen molar-refractivity contribution in [2.45, 2.75) is 6.92 Å². The number of nitrogens with one attached hydrogen (secondary N) is 3. The molecule has 0 atom stereocenters. The van der Waals surface area contributed by atoms with Crippen molar-refractivity contribution in [1.82, 2.24) is 10.9 Å². The maximum Gasteiger partial charge on any atom is 0.276 e. The van der Waals surface area contributed by atoms with Gasteiger partial charge in [0.15, 0.2) is 6.61 Å². The molecule has 0 aromatic heterocycles. The highest BCUT2D eigenvalue weighted by Crippen LogP contribution is 2.21. The van der Waals surface area contributed by atoms with Crippen molar-refractivity contribution in [3.05, 3.63) is 94.5 Å². The Labute approximate surface area is 184 Å². The van der Waals surface area contributed by atoms with Crippen LogP contribution in [0, 0.1) is 6.92 Å². The highest BCUT2D eigenvalue weighted by Gasteiger charge is 2.10. The summed E-state index contributed by atoms with van der Waals surface area (Å²) in [5.41, 5.74) is 6.79. The highest BCUT2D eigenvalue weighted by atomic mass is 35.5. The second kappa shape index (κ2) is 10.3. The molecular weight excluding hydrogens is 418 g/mol. The van der Waals surface area contributed by atoms with E-state index >= 15 is 0 Å². The predicted molar refractivity (Wildman–Crippen MR) is 118 cm³/mol. The minimum atomic E-state index is -0.519. The van der Waals surface area contributed by atoms with E-state index in [0.29, 0.717) is 27.6 Å². The van der Waals surface area contributed by atoms with Gasteiger partial charge in [0.1, 0.15) is 5.75 Å². The molecular formula is C23H20ClN3O4. The Morgan fingerprint density at radius 1 is 0.839 bits per heavy atom. The summed E-state index contributed by atoms with van der Waals surface area (Å²) in [4.78, 5) is 36.3. The fraction of sp³-hybridized carbons (Fsp3) is 0.0870. The van der Waals surface area contributed by atoms with Gasteiger partial charge >= 0.3 is 0 Å². The normalized spacial score (nSPS) is 10.1. The number of rotatable bonds is 6. The summed E-state index contributed by atoms with van der Waals surface area (Å²) in [6, 6.07) is 20.1. The smallest absolute Gasteiger partial charge is 0.276 e. The molecule has 3 N–H and O–H groups in total. The standard InChI is InChI=1S/C23H20ClN3O4/c1-15-13-18(24)9-12-20(15)31-14-21(28)26-27-23(30)17-7-10-19(11-8-17)25-22(29)16-5-3-2-4-6-16/h2-13H,14H2,1H3,(H,25,29)(H,26,28)(H,27,30). The molecule has 0 bridgehead atoms. The van der Waals surface area contributed by atoms with Gasteiger partial charge in [0.25, 0.3) is 17.7 Å². The van der Waals surface area contributed by atoms with Gasteiger partial charge in [0.2, 0.25) is 0 Å². The largest absolute Gasteiger partial charge is 0.483 e. The molecule has 0 fully saturated rings. The third-order valence-electron chi connectivity index (χ3n) is 4.25. The van der Waals surface area contributed by atoms with Gasteiger partial charge in [-0.25, -0.2) is 0 Å². The molecule has 7 nitrogen and oxygen atoms in total. The second-order valence-electron chi connectivity index (χ2n) is 6.60. The number of benzene rings is 3. The molecule has 158 valence electrons. The van der Waals surface area contributed by atoms with Gasteiger partial charge in [0, 0.05) is 21.8 Å². The Kier molecular flexibility index (Phi) is 7.24. The molecule has 3 rings (SSSR count). The van der Waals surface area contributed by atoms with Gasteiger partial charge < -0.3 is 10.1 Å². The number of halogens is 1. The van der Waals surface area contributed by atoms with Crippen LogP contribution in [-0.4, -0.2) is 24.3 Å². The number of ether oxygens (including phenoxy) is 1. The number of hydrogen-bond acceptors (Lipinski definition) is 4. The predicted octanol–water partition coefficient (Wildman–Crippen LogP) is 3.74.